The summed E-state index contributed by atoms with van der Waals surface area (Å²) in [5.41, 5.74) is 2.82. The Morgan fingerprint density at radius 1 is 1.13 bits per heavy atom. The maximum Gasteiger partial charge on any atom is 0.191 e. The predicted octanol–water partition coefficient (Wildman–Crippen LogP) is 3.37. The summed E-state index contributed by atoms with van der Waals surface area (Å²) in [6, 6.07) is 13.1. The minimum absolute atomic E-state index is 0.461. The minimum atomic E-state index is 0.461. The van der Waals surface area contributed by atoms with Crippen molar-refractivity contribution in [3.05, 3.63) is 59.5 Å². The normalized spacial score (nSPS) is 20.8. The van der Waals surface area contributed by atoms with Crippen LogP contribution in [0.3, 0.4) is 0 Å². The summed E-state index contributed by atoms with van der Waals surface area (Å²) in [6.07, 6.45) is 5.97. The molecule has 2 aromatic rings. The van der Waals surface area contributed by atoms with Gasteiger partial charge in [0, 0.05) is 57.7 Å². The molecule has 2 aliphatic rings. The highest BCUT2D eigenvalue weighted by Gasteiger charge is 2.21. The first kappa shape index (κ1) is 21.9. The SMILES string of the molecule is Cc1ccccc1CN1CCC(NC(=NCC2CCOC2)NCCc2ccco2)CC1. The van der Waals surface area contributed by atoms with Crippen LogP contribution in [-0.4, -0.2) is 56.3 Å². The van der Waals surface area contributed by atoms with E-state index in [1.165, 1.54) is 11.1 Å². The highest BCUT2D eigenvalue weighted by atomic mass is 16.5. The van der Waals surface area contributed by atoms with Gasteiger partial charge in [-0.25, -0.2) is 0 Å². The third-order valence-electron chi connectivity index (χ3n) is 6.36. The predicted molar refractivity (Wildman–Crippen MR) is 124 cm³/mol. The van der Waals surface area contributed by atoms with E-state index in [1.807, 2.05) is 12.1 Å². The topological polar surface area (TPSA) is 62.0 Å². The number of ether oxygens (including phenoxy) is 1. The molecule has 0 amide bonds. The van der Waals surface area contributed by atoms with Gasteiger partial charge in [-0.2, -0.15) is 0 Å². The molecule has 0 bridgehead atoms. The summed E-state index contributed by atoms with van der Waals surface area (Å²) < 4.78 is 11.0. The van der Waals surface area contributed by atoms with E-state index in [2.05, 4.69) is 46.7 Å². The van der Waals surface area contributed by atoms with Crippen LogP contribution in [-0.2, 0) is 17.7 Å². The number of aryl methyl sites for hydroxylation is 1. The van der Waals surface area contributed by atoms with E-state index in [1.54, 1.807) is 6.26 Å². The van der Waals surface area contributed by atoms with Gasteiger partial charge in [0.2, 0.25) is 0 Å². The Morgan fingerprint density at radius 2 is 2.00 bits per heavy atom. The number of furan rings is 1. The van der Waals surface area contributed by atoms with E-state index in [0.29, 0.717) is 12.0 Å². The average molecular weight is 425 g/mol. The summed E-state index contributed by atoms with van der Waals surface area (Å²) in [7, 11) is 0. The Bertz CT molecular complexity index is 807. The van der Waals surface area contributed by atoms with Crippen molar-refractivity contribution in [1.82, 2.24) is 15.5 Å². The molecule has 2 saturated heterocycles. The molecule has 1 aromatic heterocycles. The van der Waals surface area contributed by atoms with E-state index < -0.39 is 0 Å². The molecule has 3 heterocycles. The summed E-state index contributed by atoms with van der Waals surface area (Å²) in [5.74, 6) is 2.47. The van der Waals surface area contributed by atoms with E-state index in [4.69, 9.17) is 14.1 Å². The standard InChI is InChI=1S/C25H36N4O2/c1-20-5-2-3-6-22(20)18-29-13-9-23(10-14-29)28-25(27-17-21-11-16-30-19-21)26-12-8-24-7-4-15-31-24/h2-7,15,21,23H,8-14,16-19H2,1H3,(H2,26,27,28). The van der Waals surface area contributed by atoms with Gasteiger partial charge in [-0.3, -0.25) is 9.89 Å². The van der Waals surface area contributed by atoms with Gasteiger partial charge in [0.1, 0.15) is 5.76 Å². The number of nitrogens with zero attached hydrogens (tertiary/aromatic N) is 2. The third-order valence-corrected chi connectivity index (χ3v) is 6.36. The molecule has 0 saturated carbocycles. The summed E-state index contributed by atoms with van der Waals surface area (Å²) in [5, 5.41) is 7.21. The number of benzene rings is 1. The second-order valence-corrected chi connectivity index (χ2v) is 8.80. The fourth-order valence-electron chi connectivity index (χ4n) is 4.32. The van der Waals surface area contributed by atoms with Gasteiger partial charge >= 0.3 is 0 Å². The van der Waals surface area contributed by atoms with E-state index in [-0.39, 0.29) is 0 Å². The number of likely N-dealkylation sites (tertiary alicyclic amines) is 1. The Labute approximate surface area is 186 Å². The monoisotopic (exact) mass is 424 g/mol. The maximum absolute atomic E-state index is 5.51. The van der Waals surface area contributed by atoms with Gasteiger partial charge in [0.05, 0.1) is 12.9 Å². The number of aliphatic imine (C=N–C) groups is 1. The quantitative estimate of drug-likeness (QED) is 0.503. The summed E-state index contributed by atoms with van der Waals surface area (Å²) >= 11 is 0. The number of rotatable bonds is 8. The Morgan fingerprint density at radius 3 is 2.74 bits per heavy atom. The van der Waals surface area contributed by atoms with Crippen LogP contribution in [0.1, 0.15) is 36.1 Å². The molecular weight excluding hydrogens is 388 g/mol. The van der Waals surface area contributed by atoms with Crippen molar-refractivity contribution < 1.29 is 9.15 Å². The van der Waals surface area contributed by atoms with Crippen molar-refractivity contribution in [2.24, 2.45) is 10.9 Å². The second kappa shape index (κ2) is 11.3. The first-order chi connectivity index (χ1) is 15.3. The van der Waals surface area contributed by atoms with Gasteiger partial charge in [-0.05, 0) is 49.4 Å². The summed E-state index contributed by atoms with van der Waals surface area (Å²) in [6.45, 7) is 8.81. The molecule has 0 radical (unpaired) electrons. The fraction of sp³-hybridized carbons (Fsp3) is 0.560. The lowest BCUT2D eigenvalue weighted by atomic mass is 10.0. The Kier molecular flexibility index (Phi) is 8.02. The smallest absolute Gasteiger partial charge is 0.191 e. The largest absolute Gasteiger partial charge is 0.469 e. The van der Waals surface area contributed by atoms with E-state index in [0.717, 1.165) is 83.3 Å². The number of hydrogen-bond acceptors (Lipinski definition) is 4. The minimum Gasteiger partial charge on any atom is -0.469 e. The number of piperidine rings is 1. The molecule has 2 N–H and O–H groups in total. The van der Waals surface area contributed by atoms with Crippen LogP contribution in [0.15, 0.2) is 52.1 Å². The highest BCUT2D eigenvalue weighted by Crippen LogP contribution is 2.16. The first-order valence-corrected chi connectivity index (χ1v) is 11.7. The molecule has 1 unspecified atom stereocenters. The zero-order chi connectivity index (χ0) is 21.3. The number of hydrogen-bond donors (Lipinski definition) is 2. The van der Waals surface area contributed by atoms with Crippen molar-refractivity contribution in [3.8, 4) is 0 Å². The van der Waals surface area contributed by atoms with Crippen molar-refractivity contribution in [1.29, 1.82) is 0 Å². The molecule has 4 rings (SSSR count). The van der Waals surface area contributed by atoms with Gasteiger partial charge in [-0.15, -0.1) is 0 Å². The molecule has 1 atom stereocenters. The number of nitrogens with one attached hydrogen (secondary N) is 2. The molecule has 1 aromatic carbocycles. The van der Waals surface area contributed by atoms with Crippen molar-refractivity contribution >= 4 is 5.96 Å². The average Bonchev–Trinajstić information content (AvgIpc) is 3.49. The Hall–Kier alpha value is -2.31. The van der Waals surface area contributed by atoms with Gasteiger partial charge in [0.25, 0.3) is 0 Å². The first-order valence-electron chi connectivity index (χ1n) is 11.7. The van der Waals surface area contributed by atoms with Crippen LogP contribution in [0, 0.1) is 12.8 Å². The summed E-state index contributed by atoms with van der Waals surface area (Å²) in [4.78, 5) is 7.45. The lowest BCUT2D eigenvalue weighted by Crippen LogP contribution is -2.49. The zero-order valence-corrected chi connectivity index (χ0v) is 18.7. The molecule has 2 fully saturated rings. The van der Waals surface area contributed by atoms with Crippen molar-refractivity contribution in [3.63, 3.8) is 0 Å². The molecule has 31 heavy (non-hydrogen) atoms. The van der Waals surface area contributed by atoms with E-state index >= 15 is 0 Å². The van der Waals surface area contributed by atoms with E-state index in [9.17, 15) is 0 Å². The maximum atomic E-state index is 5.51. The zero-order valence-electron chi connectivity index (χ0n) is 18.7. The van der Waals surface area contributed by atoms with Crippen LogP contribution in [0.4, 0.5) is 0 Å². The molecule has 0 spiro atoms. The van der Waals surface area contributed by atoms with Crippen LogP contribution < -0.4 is 10.6 Å². The molecule has 6 heteroatoms. The molecule has 0 aliphatic carbocycles. The van der Waals surface area contributed by atoms with Crippen LogP contribution in [0.25, 0.3) is 0 Å². The second-order valence-electron chi connectivity index (χ2n) is 8.80. The van der Waals surface area contributed by atoms with Crippen molar-refractivity contribution in [2.45, 2.75) is 45.2 Å². The van der Waals surface area contributed by atoms with Gasteiger partial charge in [-0.1, -0.05) is 24.3 Å². The fourth-order valence-corrected chi connectivity index (χ4v) is 4.32. The molecule has 2 aliphatic heterocycles. The van der Waals surface area contributed by atoms with Crippen molar-refractivity contribution in [2.75, 3.05) is 39.4 Å². The van der Waals surface area contributed by atoms with Crippen LogP contribution in [0.2, 0.25) is 0 Å². The highest BCUT2D eigenvalue weighted by molar-refractivity contribution is 5.80. The molecule has 6 nitrogen and oxygen atoms in total. The van der Waals surface area contributed by atoms with Crippen LogP contribution in [0.5, 0.6) is 0 Å². The third kappa shape index (κ3) is 6.84. The molecule has 168 valence electrons. The lowest BCUT2D eigenvalue weighted by molar-refractivity contribution is 0.187. The molecular formula is C25H36N4O2. The lowest BCUT2D eigenvalue weighted by Gasteiger charge is -2.33. The number of guanidine groups is 1. The van der Waals surface area contributed by atoms with Gasteiger partial charge in [0.15, 0.2) is 5.96 Å². The Balaban J connectivity index is 1.26. The van der Waals surface area contributed by atoms with Gasteiger partial charge < -0.3 is 19.8 Å². The van der Waals surface area contributed by atoms with Crippen LogP contribution >= 0.6 is 0 Å².